The summed E-state index contributed by atoms with van der Waals surface area (Å²) in [6.07, 6.45) is 14.0. The number of para-hydroxylation sites is 1. The summed E-state index contributed by atoms with van der Waals surface area (Å²) < 4.78 is 0. The number of benzene rings is 1. The lowest BCUT2D eigenvalue weighted by molar-refractivity contribution is -0.120. The molecule has 5 rings (SSSR count). The highest BCUT2D eigenvalue weighted by Gasteiger charge is 2.35. The zero-order valence-corrected chi connectivity index (χ0v) is 17.2. The summed E-state index contributed by atoms with van der Waals surface area (Å²) in [6.45, 7) is 3.53. The minimum absolute atomic E-state index is 0.0926. The van der Waals surface area contributed by atoms with Crippen molar-refractivity contribution in [2.24, 2.45) is 16.8 Å². The van der Waals surface area contributed by atoms with Crippen LogP contribution >= 0.6 is 0 Å². The Labute approximate surface area is 177 Å². The molecule has 0 saturated heterocycles. The first-order valence-electron chi connectivity index (χ1n) is 11.0. The molecule has 2 aromatic rings. The van der Waals surface area contributed by atoms with E-state index in [1.165, 1.54) is 29.4 Å². The normalized spacial score (nSPS) is 25.4. The highest BCUT2D eigenvalue weighted by Crippen LogP contribution is 2.43. The van der Waals surface area contributed by atoms with Gasteiger partial charge in [-0.25, -0.2) is 0 Å². The third-order valence-corrected chi connectivity index (χ3v) is 6.71. The monoisotopic (exact) mass is 397 g/mol. The van der Waals surface area contributed by atoms with Crippen LogP contribution in [0.5, 0.6) is 0 Å². The summed E-state index contributed by atoms with van der Waals surface area (Å²) in [4.78, 5) is 21.8. The molecule has 0 unspecified atom stereocenters. The molecule has 2 heterocycles. The van der Waals surface area contributed by atoms with Crippen molar-refractivity contribution in [2.75, 3.05) is 0 Å². The Hall–Kier alpha value is -3.01. The van der Waals surface area contributed by atoms with Crippen LogP contribution in [0.25, 0.3) is 10.9 Å². The number of carbonyl (C=O) groups excluding carboxylic acids is 1. The fourth-order valence-electron chi connectivity index (χ4n) is 4.98. The van der Waals surface area contributed by atoms with Gasteiger partial charge in [0.05, 0.1) is 16.9 Å². The number of nitrogens with zero attached hydrogens (tertiary/aromatic N) is 2. The van der Waals surface area contributed by atoms with Crippen LogP contribution in [-0.2, 0) is 4.79 Å². The van der Waals surface area contributed by atoms with Crippen LogP contribution in [0.2, 0.25) is 0 Å². The number of carbonyl (C=O) groups is 1. The first kappa shape index (κ1) is 19.0. The van der Waals surface area contributed by atoms with Gasteiger partial charge in [-0.2, -0.15) is 0 Å². The minimum atomic E-state index is 0.0926. The molecule has 3 aliphatic rings. The minimum Gasteiger partial charge on any atom is -0.351 e. The number of rotatable bonds is 5. The third kappa shape index (κ3) is 3.62. The van der Waals surface area contributed by atoms with Gasteiger partial charge in [-0.05, 0) is 86.4 Å². The molecule has 152 valence electrons. The Morgan fingerprint density at radius 3 is 2.57 bits per heavy atom. The molecule has 1 aromatic heterocycles. The van der Waals surface area contributed by atoms with E-state index in [0.29, 0.717) is 11.8 Å². The van der Waals surface area contributed by atoms with E-state index in [4.69, 9.17) is 0 Å². The van der Waals surface area contributed by atoms with Crippen molar-refractivity contribution in [1.29, 1.82) is 0 Å². The number of dihydropyridines is 1. The number of aliphatic imine (C=N–C) groups is 1. The quantitative estimate of drug-likeness (QED) is 0.683. The number of pyridine rings is 1. The Morgan fingerprint density at radius 2 is 1.80 bits per heavy atom. The molecule has 30 heavy (non-hydrogen) atoms. The van der Waals surface area contributed by atoms with Crippen molar-refractivity contribution in [3.05, 3.63) is 77.4 Å². The van der Waals surface area contributed by atoms with Gasteiger partial charge >= 0.3 is 0 Å². The molecular formula is C26H27N3O. The van der Waals surface area contributed by atoms with E-state index in [1.54, 1.807) is 6.20 Å². The van der Waals surface area contributed by atoms with Crippen LogP contribution in [0.4, 0.5) is 0 Å². The third-order valence-electron chi connectivity index (χ3n) is 6.71. The number of allylic oxidation sites excluding steroid dienone is 4. The largest absolute Gasteiger partial charge is 0.351 e. The summed E-state index contributed by atoms with van der Waals surface area (Å²) in [5.41, 5.74) is 5.26. The van der Waals surface area contributed by atoms with Crippen molar-refractivity contribution in [3.8, 4) is 0 Å². The Morgan fingerprint density at radius 1 is 1.03 bits per heavy atom. The number of ketones is 1. The maximum atomic E-state index is 13.5. The highest BCUT2D eigenvalue weighted by molar-refractivity contribution is 5.98. The van der Waals surface area contributed by atoms with Gasteiger partial charge in [-0.1, -0.05) is 24.3 Å². The molecule has 0 bridgehead atoms. The summed E-state index contributed by atoms with van der Waals surface area (Å²) in [6, 6.07) is 10.5. The number of nitrogens with one attached hydrogen (secondary N) is 1. The molecule has 1 aliphatic heterocycles. The van der Waals surface area contributed by atoms with Crippen molar-refractivity contribution >= 4 is 23.4 Å². The zero-order valence-electron chi connectivity index (χ0n) is 17.2. The van der Waals surface area contributed by atoms with Gasteiger partial charge in [0.2, 0.25) is 0 Å². The van der Waals surface area contributed by atoms with E-state index in [2.05, 4.69) is 52.4 Å². The van der Waals surface area contributed by atoms with Crippen molar-refractivity contribution < 1.29 is 4.79 Å². The molecule has 1 aromatic carbocycles. The van der Waals surface area contributed by atoms with E-state index >= 15 is 0 Å². The molecule has 2 fully saturated rings. The molecule has 2 aliphatic carbocycles. The van der Waals surface area contributed by atoms with E-state index in [0.717, 1.165) is 42.6 Å². The highest BCUT2D eigenvalue weighted by atomic mass is 16.1. The Balaban J connectivity index is 1.33. The molecule has 0 atom stereocenters. The van der Waals surface area contributed by atoms with Crippen LogP contribution in [0.1, 0.15) is 50.0 Å². The molecule has 2 saturated carbocycles. The smallest absolute Gasteiger partial charge is 0.182 e. The van der Waals surface area contributed by atoms with Crippen LogP contribution in [0, 0.1) is 11.8 Å². The van der Waals surface area contributed by atoms with Crippen LogP contribution < -0.4 is 5.32 Å². The van der Waals surface area contributed by atoms with Crippen LogP contribution in [0.3, 0.4) is 0 Å². The van der Waals surface area contributed by atoms with Crippen molar-refractivity contribution in [2.45, 2.75) is 44.4 Å². The summed E-state index contributed by atoms with van der Waals surface area (Å²) in [5, 5.41) is 4.60. The van der Waals surface area contributed by atoms with Gasteiger partial charge < -0.3 is 5.32 Å². The van der Waals surface area contributed by atoms with E-state index < -0.39 is 0 Å². The van der Waals surface area contributed by atoms with Gasteiger partial charge in [0.1, 0.15) is 0 Å². The van der Waals surface area contributed by atoms with Gasteiger partial charge in [-0.15, -0.1) is 0 Å². The lowest BCUT2D eigenvalue weighted by Gasteiger charge is -2.30. The second kappa shape index (κ2) is 8.02. The topological polar surface area (TPSA) is 54.4 Å². The number of aromatic nitrogens is 1. The predicted octanol–water partition coefficient (Wildman–Crippen LogP) is 5.44. The first-order valence-corrected chi connectivity index (χ1v) is 11.0. The van der Waals surface area contributed by atoms with Gasteiger partial charge in [-0.3, -0.25) is 14.8 Å². The number of fused-ring (bicyclic) bond motifs is 1. The van der Waals surface area contributed by atoms with Crippen LogP contribution in [-0.4, -0.2) is 17.5 Å². The molecule has 0 radical (unpaired) electrons. The lowest BCUT2D eigenvalue weighted by Crippen LogP contribution is -2.31. The van der Waals surface area contributed by atoms with Crippen molar-refractivity contribution in [3.63, 3.8) is 0 Å². The van der Waals surface area contributed by atoms with E-state index in [9.17, 15) is 4.79 Å². The fraction of sp³-hybridized carbons (Fsp3) is 0.346. The maximum Gasteiger partial charge on any atom is 0.182 e. The first-order chi connectivity index (χ1) is 14.7. The van der Waals surface area contributed by atoms with E-state index in [-0.39, 0.29) is 11.7 Å². The number of hydrogen-bond acceptors (Lipinski definition) is 4. The lowest BCUT2D eigenvalue weighted by atomic mass is 9.75. The average molecular weight is 398 g/mol. The average Bonchev–Trinajstić information content (AvgIpc) is 3.64. The fourth-order valence-corrected chi connectivity index (χ4v) is 4.98. The van der Waals surface area contributed by atoms with Gasteiger partial charge in [0, 0.05) is 23.7 Å². The number of Topliss-reactive ketones (excluding diaryl/α,β-unsaturated/α-hetero) is 1. The van der Waals surface area contributed by atoms with Gasteiger partial charge in [0.25, 0.3) is 0 Å². The zero-order chi connectivity index (χ0) is 20.5. The summed E-state index contributed by atoms with van der Waals surface area (Å²) >= 11 is 0. The Bertz CT molecular complexity index is 1080. The number of hydrogen-bond donors (Lipinski definition) is 1. The second-order valence-electron chi connectivity index (χ2n) is 8.66. The van der Waals surface area contributed by atoms with E-state index in [1.807, 2.05) is 18.3 Å². The molecule has 1 N–H and O–H groups in total. The molecule has 4 nitrogen and oxygen atoms in total. The van der Waals surface area contributed by atoms with Crippen LogP contribution in [0.15, 0.2) is 76.8 Å². The van der Waals surface area contributed by atoms with Crippen molar-refractivity contribution in [1.82, 2.24) is 10.3 Å². The predicted molar refractivity (Wildman–Crippen MR) is 121 cm³/mol. The molecule has 0 spiro atoms. The molecular weight excluding hydrogens is 370 g/mol. The Kier molecular flexibility index (Phi) is 5.07. The SMILES string of the molecule is C=N/C=C1/C=CC(C2CC2)=C(C(=O)C2CCC(c3ccnc4ccccc34)CC2)N1. The standard InChI is InChI=1S/C26H27N3O/c1-27-16-20-12-13-22(18-6-7-18)25(29-20)26(30)19-10-8-17(9-11-19)21-14-15-28-24-5-3-2-4-23(21)24/h2-5,12-19,29H,1,6-11H2/b20-16-. The molecule has 0 amide bonds. The van der Waals surface area contributed by atoms with Gasteiger partial charge in [0.15, 0.2) is 5.78 Å². The summed E-state index contributed by atoms with van der Waals surface area (Å²) in [7, 11) is 0. The summed E-state index contributed by atoms with van der Waals surface area (Å²) in [5.74, 6) is 1.40. The second-order valence-corrected chi connectivity index (χ2v) is 8.66. The molecule has 4 heteroatoms. The maximum absolute atomic E-state index is 13.5.